The van der Waals surface area contributed by atoms with Crippen LogP contribution < -0.4 is 9.80 Å². The van der Waals surface area contributed by atoms with Crippen molar-refractivity contribution in [1.82, 2.24) is 19.5 Å². The van der Waals surface area contributed by atoms with Gasteiger partial charge in [-0.3, -0.25) is 0 Å². The van der Waals surface area contributed by atoms with Gasteiger partial charge in [-0.1, -0.05) is 12.1 Å². The molecule has 0 aliphatic carbocycles. The minimum atomic E-state index is 0.657. The van der Waals surface area contributed by atoms with E-state index in [0.29, 0.717) is 11.8 Å². The van der Waals surface area contributed by atoms with E-state index in [4.69, 9.17) is 4.98 Å². The fraction of sp³-hybridized carbons (Fsp3) is 0.421. The molecule has 0 bridgehead atoms. The maximum Gasteiger partial charge on any atom is 0.225 e. The Morgan fingerprint density at radius 3 is 2.24 bits per heavy atom. The number of rotatable bonds is 2. The summed E-state index contributed by atoms with van der Waals surface area (Å²) >= 11 is 0. The fourth-order valence-corrected chi connectivity index (χ4v) is 4.28. The van der Waals surface area contributed by atoms with Crippen LogP contribution in [0.15, 0.2) is 36.7 Å². The summed E-state index contributed by atoms with van der Waals surface area (Å²) in [6, 6.07) is 8.36. The monoisotopic (exact) mass is 334 g/mol. The van der Waals surface area contributed by atoms with Gasteiger partial charge in [-0.05, 0) is 24.6 Å². The first kappa shape index (κ1) is 14.7. The number of hydrogen-bond donors (Lipinski definition) is 0. The van der Waals surface area contributed by atoms with Gasteiger partial charge in [0, 0.05) is 57.5 Å². The van der Waals surface area contributed by atoms with Crippen molar-refractivity contribution in [2.45, 2.75) is 6.92 Å². The predicted molar refractivity (Wildman–Crippen MR) is 98.9 cm³/mol. The van der Waals surface area contributed by atoms with Gasteiger partial charge in [0.05, 0.1) is 11.0 Å². The van der Waals surface area contributed by atoms with Crippen LogP contribution >= 0.6 is 0 Å². The Morgan fingerprint density at radius 2 is 1.56 bits per heavy atom. The molecule has 128 valence electrons. The molecule has 2 aliphatic heterocycles. The summed E-state index contributed by atoms with van der Waals surface area (Å²) < 4.78 is 2.22. The van der Waals surface area contributed by atoms with Crippen molar-refractivity contribution in [3.63, 3.8) is 0 Å². The zero-order chi connectivity index (χ0) is 17.0. The molecule has 0 radical (unpaired) electrons. The average molecular weight is 334 g/mol. The van der Waals surface area contributed by atoms with Gasteiger partial charge in [-0.2, -0.15) is 0 Å². The molecule has 5 rings (SSSR count). The van der Waals surface area contributed by atoms with Crippen molar-refractivity contribution in [1.29, 1.82) is 0 Å². The first-order chi connectivity index (χ1) is 12.2. The fourth-order valence-electron chi connectivity index (χ4n) is 4.28. The Hall–Kier alpha value is -2.63. The lowest BCUT2D eigenvalue weighted by Gasteiger charge is -2.22. The average Bonchev–Trinajstić information content (AvgIpc) is 3.27. The molecule has 2 aliphatic rings. The molecule has 2 atom stereocenters. The van der Waals surface area contributed by atoms with E-state index < -0.39 is 0 Å². The normalized spacial score (nSPS) is 22.8. The molecular weight excluding hydrogens is 312 g/mol. The molecule has 0 amide bonds. The number of fused-ring (bicyclic) bond motifs is 2. The van der Waals surface area contributed by atoms with Crippen molar-refractivity contribution in [2.24, 2.45) is 18.9 Å². The largest absolute Gasteiger partial charge is 0.342 e. The van der Waals surface area contributed by atoms with E-state index in [9.17, 15) is 0 Å². The van der Waals surface area contributed by atoms with Crippen LogP contribution in [0.25, 0.3) is 11.0 Å². The zero-order valence-electron chi connectivity index (χ0n) is 14.6. The molecule has 1 aromatic carbocycles. The topological polar surface area (TPSA) is 50.1 Å². The third-order valence-electron chi connectivity index (χ3n) is 5.58. The van der Waals surface area contributed by atoms with Gasteiger partial charge >= 0.3 is 0 Å². The smallest absolute Gasteiger partial charge is 0.225 e. The van der Waals surface area contributed by atoms with E-state index in [2.05, 4.69) is 55.6 Å². The number of hydrogen-bond acceptors (Lipinski definition) is 5. The molecule has 2 fully saturated rings. The summed E-state index contributed by atoms with van der Waals surface area (Å²) in [5, 5.41) is 0. The highest BCUT2D eigenvalue weighted by atomic mass is 15.4. The molecule has 0 spiro atoms. The highest BCUT2D eigenvalue weighted by Crippen LogP contribution is 2.35. The van der Waals surface area contributed by atoms with Gasteiger partial charge in [-0.15, -0.1) is 0 Å². The number of aryl methyl sites for hydroxylation is 2. The summed E-state index contributed by atoms with van der Waals surface area (Å²) in [5.41, 5.74) is 3.38. The Kier molecular flexibility index (Phi) is 3.20. The molecule has 6 nitrogen and oxygen atoms in total. The van der Waals surface area contributed by atoms with Gasteiger partial charge in [-0.25, -0.2) is 15.0 Å². The first-order valence-corrected chi connectivity index (χ1v) is 8.89. The number of aromatic nitrogens is 4. The summed E-state index contributed by atoms with van der Waals surface area (Å²) in [6.45, 7) is 6.22. The van der Waals surface area contributed by atoms with Crippen LogP contribution in [0.5, 0.6) is 0 Å². The minimum Gasteiger partial charge on any atom is -0.342 e. The van der Waals surface area contributed by atoms with Crippen molar-refractivity contribution in [3.05, 3.63) is 42.2 Å². The molecule has 2 aromatic heterocycles. The lowest BCUT2D eigenvalue weighted by atomic mass is 10.0. The van der Waals surface area contributed by atoms with Gasteiger partial charge in [0.15, 0.2) is 0 Å². The van der Waals surface area contributed by atoms with Crippen LogP contribution in [0.1, 0.15) is 5.56 Å². The quantitative estimate of drug-likeness (QED) is 0.719. The van der Waals surface area contributed by atoms with Crippen molar-refractivity contribution < 1.29 is 0 Å². The maximum absolute atomic E-state index is 4.86. The lowest BCUT2D eigenvalue weighted by Crippen LogP contribution is -2.30. The third kappa shape index (κ3) is 2.35. The molecule has 4 heterocycles. The van der Waals surface area contributed by atoms with E-state index in [-0.39, 0.29) is 0 Å². The van der Waals surface area contributed by atoms with Crippen LogP contribution in [0.3, 0.4) is 0 Å². The van der Waals surface area contributed by atoms with E-state index in [0.717, 1.165) is 49.2 Å². The minimum absolute atomic E-state index is 0.657. The third-order valence-corrected chi connectivity index (χ3v) is 5.58. The van der Waals surface area contributed by atoms with E-state index >= 15 is 0 Å². The molecule has 3 aromatic rings. The van der Waals surface area contributed by atoms with Gasteiger partial charge in [0.2, 0.25) is 11.9 Å². The number of anilines is 2. The number of imidazole rings is 1. The van der Waals surface area contributed by atoms with Crippen LogP contribution in [0.2, 0.25) is 0 Å². The first-order valence-electron chi connectivity index (χ1n) is 8.89. The summed E-state index contributed by atoms with van der Waals surface area (Å²) in [6.07, 6.45) is 3.81. The molecular formula is C19H22N6. The second-order valence-electron chi connectivity index (χ2n) is 7.35. The highest BCUT2D eigenvalue weighted by molar-refractivity contribution is 5.78. The van der Waals surface area contributed by atoms with Crippen molar-refractivity contribution >= 4 is 22.9 Å². The SMILES string of the molecule is Cc1cnc(N2CC3CN(c4nc5ccccc5n4C)CC3C2)nc1. The second-order valence-corrected chi connectivity index (χ2v) is 7.35. The molecule has 6 heteroatoms. The van der Waals surface area contributed by atoms with Crippen LogP contribution in [0.4, 0.5) is 11.9 Å². The summed E-state index contributed by atoms with van der Waals surface area (Å²) in [4.78, 5) is 18.6. The van der Waals surface area contributed by atoms with Crippen molar-refractivity contribution in [3.8, 4) is 0 Å². The van der Waals surface area contributed by atoms with Crippen LogP contribution in [-0.4, -0.2) is 45.7 Å². The molecule has 25 heavy (non-hydrogen) atoms. The van der Waals surface area contributed by atoms with Gasteiger partial charge < -0.3 is 14.4 Å². The molecule has 0 N–H and O–H groups in total. The standard InChI is InChI=1S/C19H22N6/c1-13-7-20-18(21-8-13)24-9-14-11-25(12-15(14)10-24)19-22-16-5-3-4-6-17(16)23(19)2/h3-8,14-15H,9-12H2,1-2H3. The molecule has 0 saturated carbocycles. The van der Waals surface area contributed by atoms with Gasteiger partial charge in [0.1, 0.15) is 0 Å². The number of nitrogens with zero attached hydrogens (tertiary/aromatic N) is 6. The number of benzene rings is 1. The number of para-hydroxylation sites is 2. The Bertz CT molecular complexity index is 901. The lowest BCUT2D eigenvalue weighted by molar-refractivity contribution is 0.533. The van der Waals surface area contributed by atoms with E-state index in [1.165, 1.54) is 5.52 Å². The van der Waals surface area contributed by atoms with E-state index in [1.807, 2.05) is 19.3 Å². The summed E-state index contributed by atoms with van der Waals surface area (Å²) in [7, 11) is 2.12. The second kappa shape index (κ2) is 5.44. The Labute approximate surface area is 147 Å². The Morgan fingerprint density at radius 1 is 0.920 bits per heavy atom. The van der Waals surface area contributed by atoms with Gasteiger partial charge in [0.25, 0.3) is 0 Å². The van der Waals surface area contributed by atoms with Crippen LogP contribution in [0, 0.1) is 18.8 Å². The maximum atomic E-state index is 4.86. The molecule has 2 saturated heterocycles. The summed E-state index contributed by atoms with van der Waals surface area (Å²) in [5.74, 6) is 3.28. The van der Waals surface area contributed by atoms with Crippen LogP contribution in [-0.2, 0) is 7.05 Å². The Balaban J connectivity index is 1.35. The van der Waals surface area contributed by atoms with Crippen molar-refractivity contribution in [2.75, 3.05) is 36.0 Å². The highest BCUT2D eigenvalue weighted by Gasteiger charge is 2.41. The van der Waals surface area contributed by atoms with E-state index in [1.54, 1.807) is 0 Å². The predicted octanol–water partition coefficient (Wildman–Crippen LogP) is 2.24. The molecule has 2 unspecified atom stereocenters. The zero-order valence-corrected chi connectivity index (χ0v) is 14.6.